The van der Waals surface area contributed by atoms with Gasteiger partial charge in [0, 0.05) is 6.42 Å². The zero-order chi connectivity index (χ0) is 10.6. The molecular formula is C12H16O2. The molecule has 0 aromatic heterocycles. The molecule has 0 aliphatic rings. The van der Waals surface area contributed by atoms with Gasteiger partial charge in [0.25, 0.3) is 0 Å². The van der Waals surface area contributed by atoms with E-state index in [1.807, 2.05) is 37.3 Å². The van der Waals surface area contributed by atoms with Crippen LogP contribution in [0.5, 0.6) is 0 Å². The molecule has 0 spiro atoms. The molecule has 14 heavy (non-hydrogen) atoms. The van der Waals surface area contributed by atoms with Gasteiger partial charge in [-0.25, -0.2) is 0 Å². The Balaban J connectivity index is 2.65. The first-order chi connectivity index (χ1) is 6.61. The Morgan fingerprint density at radius 3 is 2.36 bits per heavy atom. The van der Waals surface area contributed by atoms with Crippen LogP contribution in [0.25, 0.3) is 0 Å². The number of carboxylic acids is 1. The highest BCUT2D eigenvalue weighted by Crippen LogP contribution is 2.25. The van der Waals surface area contributed by atoms with Crippen molar-refractivity contribution in [2.45, 2.75) is 26.2 Å². The summed E-state index contributed by atoms with van der Waals surface area (Å²) < 4.78 is 0. The molecule has 0 fully saturated rings. The molecule has 0 saturated heterocycles. The maximum Gasteiger partial charge on any atom is 0.303 e. The maximum absolute atomic E-state index is 10.5. The van der Waals surface area contributed by atoms with Crippen LogP contribution in [0.15, 0.2) is 30.3 Å². The Hall–Kier alpha value is -1.31. The maximum atomic E-state index is 10.5. The highest BCUT2D eigenvalue weighted by Gasteiger charge is 2.16. The van der Waals surface area contributed by atoms with Gasteiger partial charge in [0.1, 0.15) is 0 Å². The Bertz CT molecular complexity index is 292. The summed E-state index contributed by atoms with van der Waals surface area (Å²) in [5.41, 5.74) is 1.21. The third kappa shape index (κ3) is 2.87. The SMILES string of the molecule is CC(CC(=O)O)C(C)c1ccccc1. The van der Waals surface area contributed by atoms with Crippen LogP contribution in [0.2, 0.25) is 0 Å². The lowest BCUT2D eigenvalue weighted by Gasteiger charge is -2.18. The van der Waals surface area contributed by atoms with Crippen LogP contribution in [0, 0.1) is 5.92 Å². The van der Waals surface area contributed by atoms with Crippen LogP contribution in [0.1, 0.15) is 31.7 Å². The number of rotatable bonds is 4. The highest BCUT2D eigenvalue weighted by molar-refractivity contribution is 5.67. The van der Waals surface area contributed by atoms with E-state index in [0.29, 0.717) is 5.92 Å². The molecule has 1 aromatic carbocycles. The summed E-state index contributed by atoms with van der Waals surface area (Å²) >= 11 is 0. The second-order valence-electron chi connectivity index (χ2n) is 3.77. The molecule has 0 radical (unpaired) electrons. The standard InChI is InChI=1S/C12H16O2/c1-9(8-12(13)14)10(2)11-6-4-3-5-7-11/h3-7,9-10H,8H2,1-2H3,(H,13,14). The van der Waals surface area contributed by atoms with E-state index in [0.717, 1.165) is 0 Å². The van der Waals surface area contributed by atoms with E-state index in [1.54, 1.807) is 0 Å². The molecule has 0 bridgehead atoms. The second-order valence-corrected chi connectivity index (χ2v) is 3.77. The van der Waals surface area contributed by atoms with Gasteiger partial charge >= 0.3 is 5.97 Å². The topological polar surface area (TPSA) is 37.3 Å². The van der Waals surface area contributed by atoms with Gasteiger partial charge in [-0.3, -0.25) is 4.79 Å². The predicted octanol–water partition coefficient (Wildman–Crippen LogP) is 2.90. The number of hydrogen-bond donors (Lipinski definition) is 1. The highest BCUT2D eigenvalue weighted by atomic mass is 16.4. The normalized spacial score (nSPS) is 14.7. The van der Waals surface area contributed by atoms with Gasteiger partial charge < -0.3 is 5.11 Å². The summed E-state index contributed by atoms with van der Waals surface area (Å²) in [5, 5.41) is 8.68. The van der Waals surface area contributed by atoms with Crippen molar-refractivity contribution < 1.29 is 9.90 Å². The molecule has 0 amide bonds. The summed E-state index contributed by atoms with van der Waals surface area (Å²) in [6, 6.07) is 10.0. The number of carbonyl (C=O) groups is 1. The molecule has 0 aliphatic carbocycles. The van der Waals surface area contributed by atoms with Crippen molar-refractivity contribution in [1.82, 2.24) is 0 Å². The van der Waals surface area contributed by atoms with Crippen molar-refractivity contribution in [3.05, 3.63) is 35.9 Å². The molecule has 2 atom stereocenters. The Kier molecular flexibility index (Phi) is 3.69. The van der Waals surface area contributed by atoms with E-state index < -0.39 is 5.97 Å². The molecule has 1 aromatic rings. The van der Waals surface area contributed by atoms with E-state index >= 15 is 0 Å². The van der Waals surface area contributed by atoms with E-state index in [4.69, 9.17) is 5.11 Å². The summed E-state index contributed by atoms with van der Waals surface area (Å²) in [5.74, 6) is -0.248. The van der Waals surface area contributed by atoms with Gasteiger partial charge in [0.15, 0.2) is 0 Å². The quantitative estimate of drug-likeness (QED) is 0.796. The van der Waals surface area contributed by atoms with Gasteiger partial charge in [-0.15, -0.1) is 0 Å². The van der Waals surface area contributed by atoms with Crippen molar-refractivity contribution in [3.63, 3.8) is 0 Å². The average molecular weight is 192 g/mol. The Morgan fingerprint density at radius 2 is 1.86 bits per heavy atom. The van der Waals surface area contributed by atoms with Crippen molar-refractivity contribution in [1.29, 1.82) is 0 Å². The monoisotopic (exact) mass is 192 g/mol. The Labute approximate surface area is 84.6 Å². The fourth-order valence-electron chi connectivity index (χ4n) is 1.54. The zero-order valence-corrected chi connectivity index (χ0v) is 8.60. The second kappa shape index (κ2) is 4.80. The average Bonchev–Trinajstić information content (AvgIpc) is 2.17. The lowest BCUT2D eigenvalue weighted by Crippen LogP contribution is -2.11. The molecule has 0 heterocycles. The minimum absolute atomic E-state index is 0.176. The fourth-order valence-corrected chi connectivity index (χ4v) is 1.54. The molecule has 0 saturated carbocycles. The lowest BCUT2D eigenvalue weighted by atomic mass is 9.87. The number of hydrogen-bond acceptors (Lipinski definition) is 1. The minimum Gasteiger partial charge on any atom is -0.481 e. The fraction of sp³-hybridized carbons (Fsp3) is 0.417. The van der Waals surface area contributed by atoms with Crippen LogP contribution in [-0.2, 0) is 4.79 Å². The molecular weight excluding hydrogens is 176 g/mol. The summed E-state index contributed by atoms with van der Waals surface area (Å²) in [4.78, 5) is 10.5. The summed E-state index contributed by atoms with van der Waals surface area (Å²) in [6.07, 6.45) is 0.232. The largest absolute Gasteiger partial charge is 0.481 e. The Morgan fingerprint density at radius 1 is 1.29 bits per heavy atom. The van der Waals surface area contributed by atoms with Gasteiger partial charge in [-0.05, 0) is 17.4 Å². The third-order valence-corrected chi connectivity index (χ3v) is 2.68. The van der Waals surface area contributed by atoms with Crippen molar-refractivity contribution >= 4 is 5.97 Å². The van der Waals surface area contributed by atoms with Crippen molar-refractivity contribution in [3.8, 4) is 0 Å². The molecule has 1 N–H and O–H groups in total. The van der Waals surface area contributed by atoms with E-state index in [9.17, 15) is 4.79 Å². The van der Waals surface area contributed by atoms with Gasteiger partial charge in [0.05, 0.1) is 0 Å². The van der Waals surface area contributed by atoms with E-state index in [2.05, 4.69) is 6.92 Å². The van der Waals surface area contributed by atoms with Crippen molar-refractivity contribution in [2.24, 2.45) is 5.92 Å². The molecule has 76 valence electrons. The number of carboxylic acid groups (broad SMARTS) is 1. The van der Waals surface area contributed by atoms with Crippen LogP contribution in [0.4, 0.5) is 0 Å². The molecule has 2 heteroatoms. The van der Waals surface area contributed by atoms with Crippen LogP contribution in [-0.4, -0.2) is 11.1 Å². The molecule has 2 unspecified atom stereocenters. The number of benzene rings is 1. The summed E-state index contributed by atoms with van der Waals surface area (Å²) in [7, 11) is 0. The molecule has 1 rings (SSSR count). The van der Waals surface area contributed by atoms with Gasteiger partial charge in [-0.2, -0.15) is 0 Å². The smallest absolute Gasteiger partial charge is 0.303 e. The van der Waals surface area contributed by atoms with Crippen molar-refractivity contribution in [2.75, 3.05) is 0 Å². The van der Waals surface area contributed by atoms with Crippen LogP contribution in [0.3, 0.4) is 0 Å². The first-order valence-corrected chi connectivity index (χ1v) is 4.88. The lowest BCUT2D eigenvalue weighted by molar-refractivity contribution is -0.138. The van der Waals surface area contributed by atoms with E-state index in [-0.39, 0.29) is 12.3 Å². The third-order valence-electron chi connectivity index (χ3n) is 2.68. The van der Waals surface area contributed by atoms with E-state index in [1.165, 1.54) is 5.56 Å². The van der Waals surface area contributed by atoms with Crippen LogP contribution >= 0.6 is 0 Å². The van der Waals surface area contributed by atoms with Gasteiger partial charge in [0.2, 0.25) is 0 Å². The first-order valence-electron chi connectivity index (χ1n) is 4.88. The molecule has 2 nitrogen and oxygen atoms in total. The van der Waals surface area contributed by atoms with Gasteiger partial charge in [-0.1, -0.05) is 44.2 Å². The van der Waals surface area contributed by atoms with Crippen LogP contribution < -0.4 is 0 Å². The summed E-state index contributed by atoms with van der Waals surface area (Å²) in [6.45, 7) is 4.05. The predicted molar refractivity (Wildman–Crippen MR) is 56.3 cm³/mol. The number of aliphatic carboxylic acids is 1. The minimum atomic E-state index is -0.722. The first kappa shape index (κ1) is 10.8. The molecule has 0 aliphatic heterocycles. The zero-order valence-electron chi connectivity index (χ0n) is 8.60.